The van der Waals surface area contributed by atoms with Crippen LogP contribution in [-0.4, -0.2) is 90.9 Å². The molecular weight excluding hydrogens is 613 g/mol. The van der Waals surface area contributed by atoms with E-state index in [9.17, 15) is 27.6 Å². The van der Waals surface area contributed by atoms with E-state index >= 15 is 0 Å². The Balaban J connectivity index is 1.49. The number of ether oxygens (including phenoxy) is 4. The first-order valence-corrected chi connectivity index (χ1v) is 15.2. The maximum Gasteiger partial charge on any atom is 0.417 e. The molecule has 0 aromatic heterocycles. The summed E-state index contributed by atoms with van der Waals surface area (Å²) in [5.74, 6) is -1.54. The Bertz CT molecular complexity index is 1400. The second-order valence-electron chi connectivity index (χ2n) is 11.7. The van der Waals surface area contributed by atoms with Crippen LogP contribution in [0.4, 0.5) is 18.0 Å². The van der Waals surface area contributed by atoms with Crippen molar-refractivity contribution in [2.24, 2.45) is 0 Å². The van der Waals surface area contributed by atoms with E-state index in [0.29, 0.717) is 13.0 Å². The average Bonchev–Trinajstić information content (AvgIpc) is 2.99. The van der Waals surface area contributed by atoms with E-state index in [0.717, 1.165) is 35.4 Å². The smallest absolute Gasteiger partial charge is 0.417 e. The van der Waals surface area contributed by atoms with Crippen molar-refractivity contribution < 1.29 is 46.5 Å². The lowest BCUT2D eigenvalue weighted by atomic mass is 10.0. The van der Waals surface area contributed by atoms with Crippen LogP contribution in [0, 0.1) is 0 Å². The zero-order valence-corrected chi connectivity index (χ0v) is 26.4. The molecule has 2 aliphatic heterocycles. The molecule has 3 unspecified atom stereocenters. The molecule has 0 N–H and O–H groups in total. The molecule has 2 fully saturated rings. The fraction of sp³-hybridized carbons (Fsp3) is 0.469. The van der Waals surface area contributed by atoms with Crippen LogP contribution in [-0.2, 0) is 41.1 Å². The highest BCUT2D eigenvalue weighted by molar-refractivity contribution is 7.99. The minimum atomic E-state index is -4.74. The number of hydrogen-bond acceptors (Lipinski definition) is 8. The fourth-order valence-corrected chi connectivity index (χ4v) is 6.08. The van der Waals surface area contributed by atoms with Gasteiger partial charge in [0.15, 0.2) is 0 Å². The molecule has 2 aliphatic rings. The van der Waals surface area contributed by atoms with Gasteiger partial charge in [-0.05, 0) is 44.0 Å². The van der Waals surface area contributed by atoms with Crippen LogP contribution < -0.4 is 0 Å². The van der Waals surface area contributed by atoms with Gasteiger partial charge in [-0.2, -0.15) is 13.2 Å². The number of methoxy groups -OCH3 is 1. The summed E-state index contributed by atoms with van der Waals surface area (Å²) in [7, 11) is 1.14. The Labute approximate surface area is 264 Å². The van der Waals surface area contributed by atoms with Gasteiger partial charge in [0.2, 0.25) is 0 Å². The van der Waals surface area contributed by atoms with Crippen molar-refractivity contribution in [3.8, 4) is 0 Å². The first-order chi connectivity index (χ1) is 21.2. The van der Waals surface area contributed by atoms with Gasteiger partial charge in [0.25, 0.3) is 5.91 Å². The number of carbonyl (C=O) groups excluding carboxylic acids is 3. The number of benzene rings is 2. The summed E-state index contributed by atoms with van der Waals surface area (Å²) in [6.07, 6.45) is -5.16. The van der Waals surface area contributed by atoms with E-state index in [4.69, 9.17) is 18.9 Å². The number of rotatable bonds is 7. The standard InChI is InChI=1S/C32H37F3N2O7S/c1-20(28(38)37-14-13-36(17-25(37)29(39)41-5)30(40)44-31(2,3)4)22-11-12-26(24(16-22)32(33,34)35)45-27-19-42-18-23(43-27)15-21-9-7-6-8-10-21/h6-12,16,23,25,27H,1,13-15,17-19H2,2-5H3. The Morgan fingerprint density at radius 1 is 1.04 bits per heavy atom. The number of halogens is 3. The average molecular weight is 651 g/mol. The molecule has 2 amide bonds. The lowest BCUT2D eigenvalue weighted by Crippen LogP contribution is -2.60. The van der Waals surface area contributed by atoms with Gasteiger partial charge in [0.1, 0.15) is 17.1 Å². The zero-order valence-electron chi connectivity index (χ0n) is 25.6. The number of amides is 2. The van der Waals surface area contributed by atoms with Crippen molar-refractivity contribution in [1.82, 2.24) is 9.80 Å². The lowest BCUT2D eigenvalue weighted by molar-refractivity contribution is -0.154. The molecular formula is C32H37F3N2O7S. The molecule has 0 saturated carbocycles. The summed E-state index contributed by atoms with van der Waals surface area (Å²) in [5.41, 5.74) is -1.67. The van der Waals surface area contributed by atoms with Crippen molar-refractivity contribution in [3.63, 3.8) is 0 Å². The minimum absolute atomic E-state index is 0.0412. The van der Waals surface area contributed by atoms with Gasteiger partial charge in [-0.15, -0.1) is 0 Å². The zero-order chi connectivity index (χ0) is 32.9. The Morgan fingerprint density at radius 2 is 1.76 bits per heavy atom. The van der Waals surface area contributed by atoms with Crippen LogP contribution in [0.5, 0.6) is 0 Å². The molecule has 0 spiro atoms. The molecule has 45 heavy (non-hydrogen) atoms. The molecule has 9 nitrogen and oxygen atoms in total. The summed E-state index contributed by atoms with van der Waals surface area (Å²) in [4.78, 5) is 41.2. The molecule has 2 heterocycles. The van der Waals surface area contributed by atoms with Crippen LogP contribution in [0.15, 0.2) is 60.0 Å². The number of esters is 1. The molecule has 2 aromatic rings. The summed E-state index contributed by atoms with van der Waals surface area (Å²) in [5, 5.41) is 0. The third kappa shape index (κ3) is 9.01. The summed E-state index contributed by atoms with van der Waals surface area (Å²) < 4.78 is 64.8. The number of hydrogen-bond donors (Lipinski definition) is 0. The van der Waals surface area contributed by atoms with Gasteiger partial charge in [-0.3, -0.25) is 4.79 Å². The van der Waals surface area contributed by atoms with E-state index < -0.39 is 46.8 Å². The number of carbonyl (C=O) groups is 3. The number of alkyl halides is 3. The van der Waals surface area contributed by atoms with Crippen molar-refractivity contribution in [1.29, 1.82) is 0 Å². The maximum absolute atomic E-state index is 14.3. The third-order valence-electron chi connectivity index (χ3n) is 7.12. The fourth-order valence-electron chi connectivity index (χ4n) is 4.97. The molecule has 4 rings (SSSR count). The summed E-state index contributed by atoms with van der Waals surface area (Å²) in [6.45, 7) is 9.06. The number of nitrogens with zero attached hydrogens (tertiary/aromatic N) is 2. The van der Waals surface area contributed by atoms with Crippen LogP contribution in [0.3, 0.4) is 0 Å². The quantitative estimate of drug-likeness (QED) is 0.290. The van der Waals surface area contributed by atoms with Gasteiger partial charge in [-0.1, -0.05) is 54.7 Å². The molecule has 0 aliphatic carbocycles. The molecule has 0 radical (unpaired) electrons. The van der Waals surface area contributed by atoms with E-state index in [1.165, 1.54) is 17.0 Å². The van der Waals surface area contributed by atoms with Gasteiger partial charge >= 0.3 is 18.2 Å². The number of piperazine rings is 1. The maximum atomic E-state index is 14.3. The molecule has 2 aromatic carbocycles. The van der Waals surface area contributed by atoms with Crippen molar-refractivity contribution in [2.45, 2.75) is 61.4 Å². The normalized spacial score (nSPS) is 20.8. The highest BCUT2D eigenvalue weighted by atomic mass is 32.2. The predicted molar refractivity (Wildman–Crippen MR) is 161 cm³/mol. The second-order valence-corrected chi connectivity index (χ2v) is 12.9. The molecule has 3 atom stereocenters. The van der Waals surface area contributed by atoms with Gasteiger partial charge in [0.05, 0.1) is 38.5 Å². The van der Waals surface area contributed by atoms with E-state index in [1.54, 1.807) is 20.8 Å². The van der Waals surface area contributed by atoms with Crippen molar-refractivity contribution in [2.75, 3.05) is 40.0 Å². The van der Waals surface area contributed by atoms with Crippen LogP contribution >= 0.6 is 11.8 Å². The Morgan fingerprint density at radius 3 is 2.40 bits per heavy atom. The first-order valence-electron chi connectivity index (χ1n) is 14.4. The summed E-state index contributed by atoms with van der Waals surface area (Å²) in [6, 6.07) is 11.9. The van der Waals surface area contributed by atoms with Crippen LogP contribution in [0.25, 0.3) is 5.57 Å². The van der Waals surface area contributed by atoms with E-state index in [1.807, 2.05) is 30.3 Å². The number of thioether (sulfide) groups is 1. The molecule has 2 saturated heterocycles. The largest absolute Gasteiger partial charge is 0.467 e. The van der Waals surface area contributed by atoms with Gasteiger partial charge in [-0.25, -0.2) is 9.59 Å². The van der Waals surface area contributed by atoms with Crippen LogP contribution in [0.1, 0.15) is 37.5 Å². The van der Waals surface area contributed by atoms with Gasteiger partial charge < -0.3 is 28.7 Å². The monoisotopic (exact) mass is 650 g/mol. The predicted octanol–water partition coefficient (Wildman–Crippen LogP) is 5.42. The molecule has 0 bridgehead atoms. The van der Waals surface area contributed by atoms with Gasteiger partial charge in [0, 0.05) is 30.0 Å². The summed E-state index contributed by atoms with van der Waals surface area (Å²) >= 11 is 0.900. The van der Waals surface area contributed by atoms with Crippen molar-refractivity contribution in [3.05, 3.63) is 71.8 Å². The highest BCUT2D eigenvalue weighted by Gasteiger charge is 2.41. The van der Waals surface area contributed by atoms with Crippen molar-refractivity contribution >= 4 is 35.3 Å². The topological polar surface area (TPSA) is 94.6 Å². The molecule has 13 heteroatoms. The lowest BCUT2D eigenvalue weighted by Gasteiger charge is -2.40. The third-order valence-corrected chi connectivity index (χ3v) is 8.24. The minimum Gasteiger partial charge on any atom is -0.467 e. The highest BCUT2D eigenvalue weighted by Crippen LogP contribution is 2.41. The van der Waals surface area contributed by atoms with E-state index in [-0.39, 0.29) is 48.4 Å². The Hall–Kier alpha value is -3.55. The van der Waals surface area contributed by atoms with Crippen LogP contribution in [0.2, 0.25) is 0 Å². The second kappa shape index (κ2) is 14.3. The first kappa shape index (κ1) is 34.3. The van der Waals surface area contributed by atoms with E-state index in [2.05, 4.69) is 6.58 Å². The Kier molecular flexibility index (Phi) is 10.9. The SMILES string of the molecule is C=C(C(=O)N1CCN(C(=O)OC(C)(C)C)CC1C(=O)OC)c1ccc(SC2COCC(Cc3ccccc3)O2)c(C(F)(F)F)c1. The molecule has 244 valence electrons.